The highest BCUT2D eigenvalue weighted by Gasteiger charge is 2.44. The van der Waals surface area contributed by atoms with Gasteiger partial charge in [-0.2, -0.15) is 15.2 Å². The fraction of sp³-hybridized carbons (Fsp3) is 0.348. The number of esters is 1. The second-order valence-corrected chi connectivity index (χ2v) is 8.64. The molecular formula is C23H23ClN6O4. The molecule has 1 saturated carbocycles. The normalized spacial score (nSPS) is 14.2. The Kier molecular flexibility index (Phi) is 5.82. The van der Waals surface area contributed by atoms with Crippen LogP contribution in [0, 0.1) is 5.41 Å². The third kappa shape index (κ3) is 4.41. The highest BCUT2D eigenvalue weighted by Crippen LogP contribution is 2.48. The zero-order chi connectivity index (χ0) is 23.7. The van der Waals surface area contributed by atoms with E-state index in [1.807, 2.05) is 28.9 Å². The van der Waals surface area contributed by atoms with E-state index >= 15 is 0 Å². The summed E-state index contributed by atoms with van der Waals surface area (Å²) in [6, 6.07) is 7.35. The predicted octanol–water partition coefficient (Wildman–Crippen LogP) is 3.71. The van der Waals surface area contributed by atoms with Crippen molar-refractivity contribution in [3.05, 3.63) is 53.4 Å². The van der Waals surface area contributed by atoms with Gasteiger partial charge in [0.15, 0.2) is 0 Å². The van der Waals surface area contributed by atoms with Gasteiger partial charge in [-0.05, 0) is 44.0 Å². The number of halogens is 1. The Morgan fingerprint density at radius 3 is 2.65 bits per heavy atom. The topological polar surface area (TPSA) is 106 Å². The summed E-state index contributed by atoms with van der Waals surface area (Å²) < 4.78 is 19.9. The summed E-state index contributed by atoms with van der Waals surface area (Å²) in [5.41, 5.74) is 1.61. The van der Waals surface area contributed by atoms with Crippen molar-refractivity contribution in [1.29, 1.82) is 0 Å². The van der Waals surface area contributed by atoms with Crippen molar-refractivity contribution in [2.75, 3.05) is 20.3 Å². The van der Waals surface area contributed by atoms with E-state index in [-0.39, 0.29) is 18.0 Å². The summed E-state index contributed by atoms with van der Waals surface area (Å²) in [7, 11) is 1.55. The molecule has 34 heavy (non-hydrogen) atoms. The first-order chi connectivity index (χ1) is 16.5. The van der Waals surface area contributed by atoms with Crippen LogP contribution in [0.3, 0.4) is 0 Å². The zero-order valence-corrected chi connectivity index (χ0v) is 19.5. The van der Waals surface area contributed by atoms with Gasteiger partial charge in [-0.15, -0.1) is 0 Å². The van der Waals surface area contributed by atoms with Crippen LogP contribution in [0.5, 0.6) is 11.6 Å². The van der Waals surface area contributed by atoms with Crippen LogP contribution in [0.25, 0.3) is 17.0 Å². The third-order valence-corrected chi connectivity index (χ3v) is 5.99. The predicted molar refractivity (Wildman–Crippen MR) is 124 cm³/mol. The molecule has 11 heteroatoms. The molecule has 0 amide bonds. The van der Waals surface area contributed by atoms with Crippen molar-refractivity contribution in [2.24, 2.45) is 5.41 Å². The number of nitrogens with zero attached hydrogens (tertiary/aromatic N) is 6. The van der Waals surface area contributed by atoms with Gasteiger partial charge < -0.3 is 14.2 Å². The third-order valence-electron chi connectivity index (χ3n) is 5.74. The largest absolute Gasteiger partial charge is 0.493 e. The number of benzene rings is 1. The smallest absolute Gasteiger partial charge is 0.341 e. The Hall–Kier alpha value is -3.66. The van der Waals surface area contributed by atoms with Gasteiger partial charge in [0, 0.05) is 16.6 Å². The lowest BCUT2D eigenvalue weighted by molar-refractivity contribution is 0.0526. The fourth-order valence-corrected chi connectivity index (χ4v) is 3.81. The highest BCUT2D eigenvalue weighted by molar-refractivity contribution is 6.30. The lowest BCUT2D eigenvalue weighted by Gasteiger charge is -2.17. The molecule has 0 radical (unpaired) electrons. The lowest BCUT2D eigenvalue weighted by atomic mass is 10.1. The van der Waals surface area contributed by atoms with Gasteiger partial charge in [-0.3, -0.25) is 4.68 Å². The maximum Gasteiger partial charge on any atom is 0.341 e. The van der Waals surface area contributed by atoms with Crippen LogP contribution in [-0.2, 0) is 11.3 Å². The Labute approximate surface area is 200 Å². The van der Waals surface area contributed by atoms with Crippen molar-refractivity contribution in [2.45, 2.75) is 26.3 Å². The number of carbonyl (C=O) groups excluding carboxylic acids is 1. The number of hydrogen-bond acceptors (Lipinski definition) is 8. The minimum atomic E-state index is -0.454. The van der Waals surface area contributed by atoms with E-state index in [1.165, 1.54) is 17.1 Å². The molecule has 1 fully saturated rings. The second-order valence-electron chi connectivity index (χ2n) is 8.21. The zero-order valence-electron chi connectivity index (χ0n) is 18.8. The first kappa shape index (κ1) is 22.1. The lowest BCUT2D eigenvalue weighted by Crippen LogP contribution is -2.20. The first-order valence-corrected chi connectivity index (χ1v) is 11.3. The maximum atomic E-state index is 12.0. The molecule has 5 rings (SSSR count). The molecular weight excluding hydrogens is 460 g/mol. The van der Waals surface area contributed by atoms with Gasteiger partial charge >= 0.3 is 5.97 Å². The molecule has 10 nitrogen and oxygen atoms in total. The van der Waals surface area contributed by atoms with Crippen LogP contribution in [-0.4, -0.2) is 55.8 Å². The summed E-state index contributed by atoms with van der Waals surface area (Å²) in [5.74, 6) is 0.977. The van der Waals surface area contributed by atoms with Crippen LogP contribution in [0.1, 0.15) is 30.1 Å². The van der Waals surface area contributed by atoms with Crippen LogP contribution in [0.2, 0.25) is 5.02 Å². The highest BCUT2D eigenvalue weighted by atomic mass is 35.5. The van der Waals surface area contributed by atoms with Crippen LogP contribution >= 0.6 is 11.6 Å². The molecule has 0 atom stereocenters. The molecule has 3 aromatic heterocycles. The Morgan fingerprint density at radius 2 is 1.94 bits per heavy atom. The van der Waals surface area contributed by atoms with Crippen molar-refractivity contribution >= 4 is 28.6 Å². The van der Waals surface area contributed by atoms with Gasteiger partial charge in [0.1, 0.15) is 16.8 Å². The number of methoxy groups -OCH3 is 1. The van der Waals surface area contributed by atoms with Gasteiger partial charge in [0.05, 0.1) is 44.8 Å². The molecule has 0 N–H and O–H groups in total. The van der Waals surface area contributed by atoms with Crippen LogP contribution in [0.15, 0.2) is 42.9 Å². The molecule has 0 spiro atoms. The van der Waals surface area contributed by atoms with Gasteiger partial charge in [0.25, 0.3) is 5.95 Å². The average Bonchev–Trinajstić information content (AvgIpc) is 3.24. The van der Waals surface area contributed by atoms with E-state index in [1.54, 1.807) is 20.2 Å². The molecule has 0 saturated heterocycles. The fourth-order valence-electron chi connectivity index (χ4n) is 3.68. The second kappa shape index (κ2) is 8.94. The van der Waals surface area contributed by atoms with E-state index in [4.69, 9.17) is 25.8 Å². The molecule has 176 valence electrons. The molecule has 1 aromatic carbocycles. The standard InChI is InChI=1S/C23H23ClN6O4/c1-3-33-21(31)15-10-25-29(12-15)22-27-18-11-26-30(19(18)20(28-22)32-2)13-23(8-9-23)14-34-17-6-4-16(24)5-7-17/h4-7,10-12H,3,8-9,13-14H2,1-2H3. The van der Waals surface area contributed by atoms with Crippen molar-refractivity contribution in [3.8, 4) is 17.6 Å². The van der Waals surface area contributed by atoms with E-state index in [2.05, 4.69) is 20.2 Å². The minimum Gasteiger partial charge on any atom is -0.493 e. The summed E-state index contributed by atoms with van der Waals surface area (Å²) in [4.78, 5) is 21.0. The molecule has 1 aliphatic rings. The molecule has 0 unspecified atom stereocenters. The minimum absolute atomic E-state index is 0.0151. The summed E-state index contributed by atoms with van der Waals surface area (Å²) in [6.45, 7) is 3.25. The van der Waals surface area contributed by atoms with Crippen molar-refractivity contribution < 1.29 is 19.0 Å². The summed E-state index contributed by atoms with van der Waals surface area (Å²) in [5, 5.41) is 9.41. The number of hydrogen-bond donors (Lipinski definition) is 0. The maximum absolute atomic E-state index is 12.0. The Morgan fingerprint density at radius 1 is 1.15 bits per heavy atom. The first-order valence-electron chi connectivity index (χ1n) is 10.9. The summed E-state index contributed by atoms with van der Waals surface area (Å²) in [6.07, 6.45) is 6.68. The number of ether oxygens (including phenoxy) is 3. The van der Waals surface area contributed by atoms with E-state index in [9.17, 15) is 4.79 Å². The van der Waals surface area contributed by atoms with E-state index in [0.29, 0.717) is 40.7 Å². The molecule has 4 aromatic rings. The number of fused-ring (bicyclic) bond motifs is 1. The average molecular weight is 483 g/mol. The summed E-state index contributed by atoms with van der Waals surface area (Å²) >= 11 is 5.95. The number of rotatable bonds is 9. The van der Waals surface area contributed by atoms with Crippen molar-refractivity contribution in [1.82, 2.24) is 29.5 Å². The SMILES string of the molecule is CCOC(=O)c1cnn(-c2nc(OC)c3c(cnn3CC3(COc4ccc(Cl)cc4)CC3)n2)c1. The molecule has 1 aliphatic carbocycles. The van der Waals surface area contributed by atoms with Gasteiger partial charge in [0.2, 0.25) is 5.88 Å². The monoisotopic (exact) mass is 482 g/mol. The van der Waals surface area contributed by atoms with Gasteiger partial charge in [-0.25, -0.2) is 14.5 Å². The van der Waals surface area contributed by atoms with E-state index < -0.39 is 5.97 Å². The van der Waals surface area contributed by atoms with Crippen LogP contribution < -0.4 is 9.47 Å². The molecule has 3 heterocycles. The van der Waals surface area contributed by atoms with Crippen molar-refractivity contribution in [3.63, 3.8) is 0 Å². The number of carbonyl (C=O) groups is 1. The molecule has 0 bridgehead atoms. The van der Waals surface area contributed by atoms with Gasteiger partial charge in [-0.1, -0.05) is 11.6 Å². The van der Waals surface area contributed by atoms with E-state index in [0.717, 1.165) is 18.6 Å². The molecule has 0 aliphatic heterocycles. The number of aromatic nitrogens is 6. The Bertz CT molecular complexity index is 1330. The Balaban J connectivity index is 1.37. The van der Waals surface area contributed by atoms with Crippen LogP contribution in [0.4, 0.5) is 0 Å². The quantitative estimate of drug-likeness (QED) is 0.332.